The molecule has 116 valence electrons. The lowest BCUT2D eigenvalue weighted by Gasteiger charge is -2.07. The zero-order valence-corrected chi connectivity index (χ0v) is 12.7. The number of hydrogen-bond donors (Lipinski definition) is 1. The second-order valence-corrected chi connectivity index (χ2v) is 4.83. The van der Waals surface area contributed by atoms with Crippen molar-refractivity contribution in [3.8, 4) is 11.6 Å². The molecule has 0 radical (unpaired) electrons. The lowest BCUT2D eigenvalue weighted by molar-refractivity contribution is 0.102. The van der Waals surface area contributed by atoms with Crippen LogP contribution in [-0.2, 0) is 0 Å². The number of anilines is 1. The highest BCUT2D eigenvalue weighted by Gasteiger charge is 2.11. The predicted molar refractivity (Wildman–Crippen MR) is 82.9 cm³/mol. The minimum Gasteiger partial charge on any atom is -0.495 e. The van der Waals surface area contributed by atoms with Gasteiger partial charge in [0.1, 0.15) is 18.4 Å². The summed E-state index contributed by atoms with van der Waals surface area (Å²) < 4.78 is 6.50. The van der Waals surface area contributed by atoms with Crippen LogP contribution >= 0.6 is 11.6 Å². The van der Waals surface area contributed by atoms with E-state index < -0.39 is 5.91 Å². The molecule has 0 unspecified atom stereocenters. The summed E-state index contributed by atoms with van der Waals surface area (Å²) in [5.74, 6) is 0.594. The molecule has 23 heavy (non-hydrogen) atoms. The molecule has 8 nitrogen and oxygen atoms in total. The molecule has 1 amide bonds. The molecule has 0 atom stereocenters. The van der Waals surface area contributed by atoms with Crippen molar-refractivity contribution in [2.45, 2.75) is 0 Å². The summed E-state index contributed by atoms with van der Waals surface area (Å²) in [6, 6.07) is 8.11. The van der Waals surface area contributed by atoms with Crippen molar-refractivity contribution in [3.05, 3.63) is 53.7 Å². The third-order valence-corrected chi connectivity index (χ3v) is 3.24. The molecule has 3 aromatic rings. The largest absolute Gasteiger partial charge is 0.495 e. The van der Waals surface area contributed by atoms with Crippen molar-refractivity contribution >= 4 is 23.2 Å². The summed E-state index contributed by atoms with van der Waals surface area (Å²) in [5, 5.41) is 14.8. The smallest absolute Gasteiger partial charge is 0.276 e. The summed E-state index contributed by atoms with van der Waals surface area (Å²) in [4.78, 5) is 16.0. The first-order chi connectivity index (χ1) is 11.2. The molecule has 0 fully saturated rings. The number of nitrogens with one attached hydrogen (secondary N) is 1. The molecule has 3 rings (SSSR count). The number of benzene rings is 1. The van der Waals surface area contributed by atoms with Gasteiger partial charge in [0.05, 0.1) is 12.1 Å². The third kappa shape index (κ3) is 3.27. The number of ether oxygens (including phenoxy) is 1. The number of carbonyl (C=O) groups excluding carboxylic acids is 1. The van der Waals surface area contributed by atoms with Gasteiger partial charge in [-0.25, -0.2) is 9.67 Å². The minimum atomic E-state index is -0.399. The Morgan fingerprint density at radius 2 is 2.13 bits per heavy atom. The maximum Gasteiger partial charge on any atom is 0.276 e. The van der Waals surface area contributed by atoms with Crippen LogP contribution in [0, 0.1) is 0 Å². The van der Waals surface area contributed by atoms with Gasteiger partial charge in [-0.05, 0) is 30.3 Å². The first-order valence-electron chi connectivity index (χ1n) is 6.51. The fourth-order valence-corrected chi connectivity index (χ4v) is 2.09. The number of aromatic nitrogens is 5. The van der Waals surface area contributed by atoms with Crippen molar-refractivity contribution in [2.75, 3.05) is 12.4 Å². The Balaban J connectivity index is 1.74. The molecule has 1 N–H and O–H groups in total. The Morgan fingerprint density at radius 1 is 1.26 bits per heavy atom. The SMILES string of the molecule is COc1ccc(NC(=O)c2ccc(-n3cncn3)nn2)cc1Cl. The zero-order chi connectivity index (χ0) is 16.2. The molecular formula is C14H11ClN6O2. The number of carbonyl (C=O) groups is 1. The van der Waals surface area contributed by atoms with Crippen molar-refractivity contribution in [3.63, 3.8) is 0 Å². The van der Waals surface area contributed by atoms with Crippen molar-refractivity contribution in [1.82, 2.24) is 25.0 Å². The molecular weight excluding hydrogens is 320 g/mol. The second-order valence-electron chi connectivity index (χ2n) is 4.42. The molecule has 1 aromatic carbocycles. The van der Waals surface area contributed by atoms with Crippen LogP contribution in [0.15, 0.2) is 43.0 Å². The highest BCUT2D eigenvalue weighted by molar-refractivity contribution is 6.32. The van der Waals surface area contributed by atoms with Gasteiger partial charge < -0.3 is 10.1 Å². The van der Waals surface area contributed by atoms with Gasteiger partial charge in [-0.3, -0.25) is 4.79 Å². The summed E-state index contributed by atoms with van der Waals surface area (Å²) >= 11 is 6.02. The van der Waals surface area contributed by atoms with E-state index in [1.807, 2.05) is 0 Å². The van der Waals surface area contributed by atoms with Gasteiger partial charge in [0, 0.05) is 5.69 Å². The van der Waals surface area contributed by atoms with Gasteiger partial charge in [0.2, 0.25) is 0 Å². The minimum absolute atomic E-state index is 0.167. The van der Waals surface area contributed by atoms with E-state index in [2.05, 4.69) is 25.6 Å². The number of rotatable bonds is 4. The first kappa shape index (κ1) is 14.9. The van der Waals surface area contributed by atoms with E-state index in [0.29, 0.717) is 22.3 Å². The Morgan fingerprint density at radius 3 is 2.74 bits per heavy atom. The molecule has 0 saturated carbocycles. The average molecular weight is 331 g/mol. The molecule has 2 aromatic heterocycles. The molecule has 0 spiro atoms. The van der Waals surface area contributed by atoms with Gasteiger partial charge in [-0.2, -0.15) is 5.10 Å². The Labute approximate surface area is 136 Å². The molecule has 0 saturated heterocycles. The van der Waals surface area contributed by atoms with Crippen LogP contribution in [0.3, 0.4) is 0 Å². The fourth-order valence-electron chi connectivity index (χ4n) is 1.83. The van der Waals surface area contributed by atoms with Crippen LogP contribution in [0.2, 0.25) is 5.02 Å². The predicted octanol–water partition coefficient (Wildman–Crippen LogP) is 1.97. The molecule has 0 bridgehead atoms. The van der Waals surface area contributed by atoms with Gasteiger partial charge in [-0.1, -0.05) is 11.6 Å². The standard InChI is InChI=1S/C14H11ClN6O2/c1-23-12-4-2-9(6-10(12)15)18-14(22)11-3-5-13(20-19-11)21-8-16-7-17-21/h2-8H,1H3,(H,18,22). The molecule has 0 aliphatic carbocycles. The van der Waals surface area contributed by atoms with Gasteiger partial charge >= 0.3 is 0 Å². The number of nitrogens with zero attached hydrogens (tertiary/aromatic N) is 5. The maximum atomic E-state index is 12.2. The highest BCUT2D eigenvalue weighted by atomic mass is 35.5. The Kier molecular flexibility index (Phi) is 4.15. The van der Waals surface area contributed by atoms with Crippen LogP contribution in [0.25, 0.3) is 5.82 Å². The molecule has 9 heteroatoms. The number of hydrogen-bond acceptors (Lipinski definition) is 6. The van der Waals surface area contributed by atoms with E-state index in [1.165, 1.54) is 24.4 Å². The van der Waals surface area contributed by atoms with E-state index in [0.717, 1.165) is 0 Å². The highest BCUT2D eigenvalue weighted by Crippen LogP contribution is 2.27. The topological polar surface area (TPSA) is 94.8 Å². The molecule has 0 aliphatic heterocycles. The van der Waals surface area contributed by atoms with Crippen LogP contribution < -0.4 is 10.1 Å². The van der Waals surface area contributed by atoms with Crippen molar-refractivity contribution in [2.24, 2.45) is 0 Å². The van der Waals surface area contributed by atoms with Gasteiger partial charge in [0.25, 0.3) is 5.91 Å². The normalized spacial score (nSPS) is 10.3. The number of methoxy groups -OCH3 is 1. The maximum absolute atomic E-state index is 12.2. The number of halogens is 1. The lowest BCUT2D eigenvalue weighted by Crippen LogP contribution is -2.15. The van der Waals surface area contributed by atoms with Crippen LogP contribution in [0.5, 0.6) is 5.75 Å². The fraction of sp³-hybridized carbons (Fsp3) is 0.0714. The summed E-state index contributed by atoms with van der Waals surface area (Å²) in [6.45, 7) is 0. The summed E-state index contributed by atoms with van der Waals surface area (Å²) in [5.41, 5.74) is 0.698. The molecule has 2 heterocycles. The quantitative estimate of drug-likeness (QED) is 0.786. The zero-order valence-electron chi connectivity index (χ0n) is 12.0. The average Bonchev–Trinajstić information content (AvgIpc) is 3.09. The Hall–Kier alpha value is -3.00. The van der Waals surface area contributed by atoms with E-state index in [9.17, 15) is 4.79 Å². The van der Waals surface area contributed by atoms with Crippen LogP contribution in [0.4, 0.5) is 5.69 Å². The van der Waals surface area contributed by atoms with E-state index in [1.54, 1.807) is 30.3 Å². The van der Waals surface area contributed by atoms with E-state index in [4.69, 9.17) is 16.3 Å². The second kappa shape index (κ2) is 6.41. The number of amides is 1. The first-order valence-corrected chi connectivity index (χ1v) is 6.89. The summed E-state index contributed by atoms with van der Waals surface area (Å²) in [7, 11) is 1.52. The van der Waals surface area contributed by atoms with E-state index >= 15 is 0 Å². The van der Waals surface area contributed by atoms with Crippen LogP contribution in [0.1, 0.15) is 10.5 Å². The van der Waals surface area contributed by atoms with Crippen molar-refractivity contribution < 1.29 is 9.53 Å². The lowest BCUT2D eigenvalue weighted by atomic mass is 10.3. The van der Waals surface area contributed by atoms with Crippen LogP contribution in [-0.4, -0.2) is 38.0 Å². The molecule has 0 aliphatic rings. The third-order valence-electron chi connectivity index (χ3n) is 2.95. The van der Waals surface area contributed by atoms with Gasteiger partial charge in [-0.15, -0.1) is 10.2 Å². The Bertz CT molecular complexity index is 820. The summed E-state index contributed by atoms with van der Waals surface area (Å²) in [6.07, 6.45) is 2.87. The van der Waals surface area contributed by atoms with E-state index in [-0.39, 0.29) is 5.69 Å². The van der Waals surface area contributed by atoms with Gasteiger partial charge in [0.15, 0.2) is 11.5 Å². The monoisotopic (exact) mass is 330 g/mol. The van der Waals surface area contributed by atoms with Crippen molar-refractivity contribution in [1.29, 1.82) is 0 Å².